The molecule has 4 heterocycles. The molecule has 3 aromatic heterocycles. The van der Waals surface area contributed by atoms with Crippen molar-refractivity contribution in [2.45, 2.75) is 20.3 Å². The van der Waals surface area contributed by atoms with Crippen molar-refractivity contribution in [1.82, 2.24) is 29.7 Å². The third-order valence-corrected chi connectivity index (χ3v) is 4.63. The van der Waals surface area contributed by atoms with Crippen LogP contribution in [0.5, 0.6) is 0 Å². The SMILES string of the molecule is CCc1ncnc(N2CCN(c3cc(-n4cccn4)nc(C)n3)CC2)c1F. The summed E-state index contributed by atoms with van der Waals surface area (Å²) in [6, 6.07) is 3.78. The molecule has 0 bridgehead atoms. The molecule has 1 aliphatic rings. The molecule has 0 aromatic carbocycles. The van der Waals surface area contributed by atoms with E-state index in [1.54, 1.807) is 10.9 Å². The summed E-state index contributed by atoms with van der Waals surface area (Å²) >= 11 is 0. The molecular weight excluding hydrogens is 347 g/mol. The number of hydrogen-bond donors (Lipinski definition) is 0. The molecule has 0 amide bonds. The Morgan fingerprint density at radius 3 is 2.48 bits per heavy atom. The highest BCUT2D eigenvalue weighted by Gasteiger charge is 2.23. The summed E-state index contributed by atoms with van der Waals surface area (Å²) in [5.41, 5.74) is 0.456. The molecule has 0 spiro atoms. The highest BCUT2D eigenvalue weighted by Crippen LogP contribution is 2.22. The van der Waals surface area contributed by atoms with Gasteiger partial charge in [0.2, 0.25) is 0 Å². The van der Waals surface area contributed by atoms with E-state index in [-0.39, 0.29) is 5.82 Å². The summed E-state index contributed by atoms with van der Waals surface area (Å²) in [5.74, 6) is 2.35. The van der Waals surface area contributed by atoms with Gasteiger partial charge >= 0.3 is 0 Å². The average Bonchev–Trinajstić information content (AvgIpc) is 3.23. The van der Waals surface area contributed by atoms with Crippen LogP contribution in [0, 0.1) is 12.7 Å². The van der Waals surface area contributed by atoms with E-state index in [1.165, 1.54) is 6.33 Å². The minimum atomic E-state index is -0.313. The van der Waals surface area contributed by atoms with Crippen molar-refractivity contribution in [2.75, 3.05) is 36.0 Å². The lowest BCUT2D eigenvalue weighted by atomic mass is 10.2. The number of piperazine rings is 1. The molecule has 1 saturated heterocycles. The number of rotatable bonds is 4. The van der Waals surface area contributed by atoms with Gasteiger partial charge < -0.3 is 9.80 Å². The zero-order chi connectivity index (χ0) is 18.8. The lowest BCUT2D eigenvalue weighted by molar-refractivity contribution is 0.567. The third kappa shape index (κ3) is 3.44. The second kappa shape index (κ2) is 7.26. The normalized spacial score (nSPS) is 14.6. The zero-order valence-electron chi connectivity index (χ0n) is 15.4. The molecule has 3 aromatic rings. The Bertz CT molecular complexity index is 919. The summed E-state index contributed by atoms with van der Waals surface area (Å²) < 4.78 is 16.2. The lowest BCUT2D eigenvalue weighted by Gasteiger charge is -2.36. The van der Waals surface area contributed by atoms with Crippen LogP contribution in [0.25, 0.3) is 5.82 Å². The first-order valence-corrected chi connectivity index (χ1v) is 9.00. The molecule has 0 saturated carbocycles. The maximum absolute atomic E-state index is 14.5. The van der Waals surface area contributed by atoms with E-state index >= 15 is 0 Å². The van der Waals surface area contributed by atoms with E-state index in [0.29, 0.717) is 36.8 Å². The van der Waals surface area contributed by atoms with Crippen molar-refractivity contribution in [3.05, 3.63) is 48.2 Å². The number of aromatic nitrogens is 6. The van der Waals surface area contributed by atoms with Gasteiger partial charge in [-0.2, -0.15) is 5.10 Å². The molecule has 0 atom stereocenters. The predicted octanol–water partition coefficient (Wildman–Crippen LogP) is 1.79. The molecule has 140 valence electrons. The number of hydrogen-bond acceptors (Lipinski definition) is 7. The molecule has 8 nitrogen and oxygen atoms in total. The largest absolute Gasteiger partial charge is 0.353 e. The molecule has 0 N–H and O–H groups in total. The Kier molecular flexibility index (Phi) is 4.66. The van der Waals surface area contributed by atoms with Gasteiger partial charge in [-0.05, 0) is 19.4 Å². The first kappa shape index (κ1) is 17.3. The van der Waals surface area contributed by atoms with Crippen LogP contribution < -0.4 is 9.80 Å². The van der Waals surface area contributed by atoms with E-state index in [2.05, 4.69) is 29.9 Å². The monoisotopic (exact) mass is 368 g/mol. The highest BCUT2D eigenvalue weighted by molar-refractivity contribution is 5.48. The van der Waals surface area contributed by atoms with Crippen LogP contribution in [0.1, 0.15) is 18.4 Å². The maximum atomic E-state index is 14.5. The standard InChI is InChI=1S/C18H21FN8/c1-3-14-17(19)18(21-12-20-14)26-9-7-25(8-10-26)15-11-16(24-13(2)23-15)27-6-4-5-22-27/h4-6,11-12H,3,7-10H2,1-2H3. The smallest absolute Gasteiger partial charge is 0.187 e. The fraction of sp³-hybridized carbons (Fsp3) is 0.389. The summed E-state index contributed by atoms with van der Waals surface area (Å²) in [7, 11) is 0. The zero-order valence-corrected chi connectivity index (χ0v) is 15.4. The second-order valence-electron chi connectivity index (χ2n) is 6.37. The van der Waals surface area contributed by atoms with E-state index in [9.17, 15) is 4.39 Å². The van der Waals surface area contributed by atoms with Crippen LogP contribution in [-0.2, 0) is 6.42 Å². The Morgan fingerprint density at radius 1 is 1.04 bits per heavy atom. The molecule has 27 heavy (non-hydrogen) atoms. The van der Waals surface area contributed by atoms with E-state index in [0.717, 1.165) is 24.7 Å². The Balaban J connectivity index is 1.52. The van der Waals surface area contributed by atoms with Crippen LogP contribution in [0.3, 0.4) is 0 Å². The first-order chi connectivity index (χ1) is 13.2. The fourth-order valence-corrected chi connectivity index (χ4v) is 3.23. The van der Waals surface area contributed by atoms with Gasteiger partial charge in [0, 0.05) is 44.6 Å². The molecule has 0 radical (unpaired) electrons. The predicted molar refractivity (Wildman–Crippen MR) is 99.7 cm³/mol. The van der Waals surface area contributed by atoms with Crippen molar-refractivity contribution >= 4 is 11.6 Å². The van der Waals surface area contributed by atoms with Gasteiger partial charge in [0.1, 0.15) is 18.0 Å². The van der Waals surface area contributed by atoms with Gasteiger partial charge in [0.15, 0.2) is 17.5 Å². The minimum absolute atomic E-state index is 0.313. The Morgan fingerprint density at radius 2 is 1.78 bits per heavy atom. The summed E-state index contributed by atoms with van der Waals surface area (Å²) in [6.45, 7) is 6.53. The average molecular weight is 368 g/mol. The van der Waals surface area contributed by atoms with E-state index < -0.39 is 0 Å². The van der Waals surface area contributed by atoms with Crippen molar-refractivity contribution in [3.8, 4) is 5.82 Å². The van der Waals surface area contributed by atoms with Crippen LogP contribution in [-0.4, -0.2) is 55.9 Å². The number of anilines is 2. The Labute approximate surface area is 156 Å². The van der Waals surface area contributed by atoms with Crippen molar-refractivity contribution in [2.24, 2.45) is 0 Å². The van der Waals surface area contributed by atoms with Crippen LogP contribution in [0.4, 0.5) is 16.0 Å². The number of halogens is 1. The molecule has 0 aliphatic carbocycles. The molecule has 4 rings (SSSR count). The van der Waals surface area contributed by atoms with Gasteiger partial charge in [-0.1, -0.05) is 6.92 Å². The molecule has 0 unspecified atom stereocenters. The molecular formula is C18H21FN8. The van der Waals surface area contributed by atoms with Gasteiger partial charge in [-0.15, -0.1) is 0 Å². The van der Waals surface area contributed by atoms with Crippen molar-refractivity contribution in [3.63, 3.8) is 0 Å². The van der Waals surface area contributed by atoms with Gasteiger partial charge in [0.25, 0.3) is 0 Å². The highest BCUT2D eigenvalue weighted by atomic mass is 19.1. The van der Waals surface area contributed by atoms with Gasteiger partial charge in [-0.25, -0.2) is 29.0 Å². The van der Waals surface area contributed by atoms with Crippen LogP contribution in [0.15, 0.2) is 30.9 Å². The summed E-state index contributed by atoms with van der Waals surface area (Å²) in [4.78, 5) is 21.3. The quantitative estimate of drug-likeness (QED) is 0.695. The molecule has 9 heteroatoms. The first-order valence-electron chi connectivity index (χ1n) is 9.00. The van der Waals surface area contributed by atoms with Crippen LogP contribution in [0.2, 0.25) is 0 Å². The van der Waals surface area contributed by atoms with E-state index in [4.69, 9.17) is 0 Å². The topological polar surface area (TPSA) is 75.9 Å². The van der Waals surface area contributed by atoms with Crippen molar-refractivity contribution < 1.29 is 4.39 Å². The molecule has 1 fully saturated rings. The maximum Gasteiger partial charge on any atom is 0.187 e. The van der Waals surface area contributed by atoms with Crippen LogP contribution >= 0.6 is 0 Å². The molecule has 1 aliphatic heterocycles. The fourth-order valence-electron chi connectivity index (χ4n) is 3.23. The third-order valence-electron chi connectivity index (χ3n) is 4.63. The minimum Gasteiger partial charge on any atom is -0.353 e. The lowest BCUT2D eigenvalue weighted by Crippen LogP contribution is -2.47. The van der Waals surface area contributed by atoms with Gasteiger partial charge in [-0.3, -0.25) is 0 Å². The summed E-state index contributed by atoms with van der Waals surface area (Å²) in [5, 5.41) is 4.24. The second-order valence-corrected chi connectivity index (χ2v) is 6.37. The number of aryl methyl sites for hydroxylation is 2. The van der Waals surface area contributed by atoms with E-state index in [1.807, 2.05) is 37.1 Å². The van der Waals surface area contributed by atoms with Gasteiger partial charge in [0.05, 0.1) is 5.69 Å². The summed E-state index contributed by atoms with van der Waals surface area (Å²) in [6.07, 6.45) is 5.56. The number of nitrogens with zero attached hydrogens (tertiary/aromatic N) is 8. The Hall–Kier alpha value is -3.10. The van der Waals surface area contributed by atoms with Crippen molar-refractivity contribution in [1.29, 1.82) is 0 Å².